The van der Waals surface area contributed by atoms with E-state index in [2.05, 4.69) is 17.1 Å². The largest absolute Gasteiger partial charge is 0.494 e. The van der Waals surface area contributed by atoms with Crippen molar-refractivity contribution in [2.45, 2.75) is 20.3 Å². The smallest absolute Gasteiger partial charge is 0.177 e. The van der Waals surface area contributed by atoms with Crippen molar-refractivity contribution in [3.05, 3.63) is 29.3 Å². The van der Waals surface area contributed by atoms with E-state index >= 15 is 0 Å². The summed E-state index contributed by atoms with van der Waals surface area (Å²) in [5.41, 5.74) is 1.81. The van der Waals surface area contributed by atoms with Gasteiger partial charge in [-0.3, -0.25) is 9.69 Å². The van der Waals surface area contributed by atoms with Gasteiger partial charge in [0.15, 0.2) is 5.78 Å². The van der Waals surface area contributed by atoms with Crippen molar-refractivity contribution in [2.24, 2.45) is 0 Å². The molecule has 110 valence electrons. The quantitative estimate of drug-likeness (QED) is 0.805. The van der Waals surface area contributed by atoms with Gasteiger partial charge < -0.3 is 10.1 Å². The van der Waals surface area contributed by atoms with Gasteiger partial charge in [0.1, 0.15) is 5.75 Å². The number of hydrogen-bond acceptors (Lipinski definition) is 4. The van der Waals surface area contributed by atoms with E-state index in [4.69, 9.17) is 4.74 Å². The average molecular weight is 276 g/mol. The van der Waals surface area contributed by atoms with Gasteiger partial charge in [0.25, 0.3) is 0 Å². The van der Waals surface area contributed by atoms with Crippen LogP contribution in [0.5, 0.6) is 5.75 Å². The van der Waals surface area contributed by atoms with Gasteiger partial charge in [-0.1, -0.05) is 6.92 Å². The number of carbonyl (C=O) groups is 1. The fourth-order valence-electron chi connectivity index (χ4n) is 2.42. The lowest BCUT2D eigenvalue weighted by Crippen LogP contribution is -2.45. The van der Waals surface area contributed by atoms with Crippen LogP contribution in [0.2, 0.25) is 0 Å². The molecule has 1 aliphatic heterocycles. The molecule has 2 rings (SSSR count). The van der Waals surface area contributed by atoms with Gasteiger partial charge in [0.2, 0.25) is 0 Å². The molecule has 1 N–H and O–H groups in total. The van der Waals surface area contributed by atoms with Gasteiger partial charge >= 0.3 is 0 Å². The maximum Gasteiger partial charge on any atom is 0.177 e. The minimum Gasteiger partial charge on any atom is -0.494 e. The molecule has 0 saturated carbocycles. The van der Waals surface area contributed by atoms with Crippen LogP contribution in [0.4, 0.5) is 0 Å². The molecule has 4 nitrogen and oxygen atoms in total. The van der Waals surface area contributed by atoms with E-state index < -0.39 is 0 Å². The third-order valence-electron chi connectivity index (χ3n) is 3.55. The van der Waals surface area contributed by atoms with Crippen LogP contribution in [0, 0.1) is 6.92 Å². The number of hydrogen-bond donors (Lipinski definition) is 1. The first-order valence-corrected chi connectivity index (χ1v) is 7.40. The summed E-state index contributed by atoms with van der Waals surface area (Å²) in [7, 11) is 0. The van der Waals surface area contributed by atoms with Crippen molar-refractivity contribution in [2.75, 3.05) is 39.3 Å². The maximum atomic E-state index is 12.4. The summed E-state index contributed by atoms with van der Waals surface area (Å²) < 4.78 is 5.59. The number of nitrogens with one attached hydrogen (secondary N) is 1. The molecule has 1 fully saturated rings. The summed E-state index contributed by atoms with van der Waals surface area (Å²) in [6.45, 7) is 9.12. The molecule has 0 aliphatic carbocycles. The molecule has 0 amide bonds. The summed E-state index contributed by atoms with van der Waals surface area (Å²) in [4.78, 5) is 14.6. The summed E-state index contributed by atoms with van der Waals surface area (Å²) >= 11 is 0. The zero-order chi connectivity index (χ0) is 14.4. The van der Waals surface area contributed by atoms with E-state index in [1.54, 1.807) is 0 Å². The Labute approximate surface area is 121 Å². The van der Waals surface area contributed by atoms with Crippen LogP contribution in [0.25, 0.3) is 0 Å². The molecule has 0 spiro atoms. The first-order chi connectivity index (χ1) is 9.70. The molecule has 1 heterocycles. The fraction of sp³-hybridized carbons (Fsp3) is 0.562. The Morgan fingerprint density at radius 1 is 1.35 bits per heavy atom. The molecule has 20 heavy (non-hydrogen) atoms. The minimum atomic E-state index is 0.200. The number of piperazine rings is 1. The normalized spacial score (nSPS) is 16.1. The highest BCUT2D eigenvalue weighted by Gasteiger charge is 2.16. The summed E-state index contributed by atoms with van der Waals surface area (Å²) in [6.07, 6.45) is 0.989. The number of aryl methyl sites for hydroxylation is 1. The SMILES string of the molecule is CCCOc1ccc(C(=O)CN2CCNCC2)c(C)c1. The van der Waals surface area contributed by atoms with Gasteiger partial charge in [0.05, 0.1) is 13.2 Å². The summed E-state index contributed by atoms with van der Waals surface area (Å²) in [5.74, 6) is 1.05. The van der Waals surface area contributed by atoms with Gasteiger partial charge in [-0.2, -0.15) is 0 Å². The van der Waals surface area contributed by atoms with Crippen LogP contribution >= 0.6 is 0 Å². The zero-order valence-electron chi connectivity index (χ0n) is 12.4. The lowest BCUT2D eigenvalue weighted by Gasteiger charge is -2.26. The average Bonchev–Trinajstić information content (AvgIpc) is 2.46. The Morgan fingerprint density at radius 2 is 2.10 bits per heavy atom. The molecule has 1 saturated heterocycles. The van der Waals surface area contributed by atoms with Gasteiger partial charge in [-0.25, -0.2) is 0 Å². The van der Waals surface area contributed by atoms with Crippen molar-refractivity contribution in [1.29, 1.82) is 0 Å². The van der Waals surface area contributed by atoms with E-state index in [1.807, 2.05) is 25.1 Å². The molecular weight excluding hydrogens is 252 g/mol. The molecule has 0 aromatic heterocycles. The van der Waals surface area contributed by atoms with Crippen molar-refractivity contribution in [1.82, 2.24) is 10.2 Å². The predicted octanol–water partition coefficient (Wildman–Crippen LogP) is 1.87. The fourth-order valence-corrected chi connectivity index (χ4v) is 2.42. The molecule has 4 heteroatoms. The standard InChI is InChI=1S/C16H24N2O2/c1-3-10-20-14-4-5-15(13(2)11-14)16(19)12-18-8-6-17-7-9-18/h4-5,11,17H,3,6-10,12H2,1-2H3. The summed E-state index contributed by atoms with van der Waals surface area (Å²) in [5, 5.41) is 3.30. The highest BCUT2D eigenvalue weighted by molar-refractivity contribution is 5.99. The predicted molar refractivity (Wildman–Crippen MR) is 80.6 cm³/mol. The Bertz CT molecular complexity index is 454. The molecule has 0 bridgehead atoms. The third-order valence-corrected chi connectivity index (χ3v) is 3.55. The second-order valence-corrected chi connectivity index (χ2v) is 5.27. The number of carbonyl (C=O) groups excluding carboxylic acids is 1. The zero-order valence-corrected chi connectivity index (χ0v) is 12.4. The van der Waals surface area contributed by atoms with E-state index in [9.17, 15) is 4.79 Å². The number of rotatable bonds is 6. The molecule has 1 aromatic rings. The van der Waals surface area contributed by atoms with Crippen LogP contribution in [-0.4, -0.2) is 50.0 Å². The number of Topliss-reactive ketones (excluding diaryl/α,β-unsaturated/α-hetero) is 1. The first kappa shape index (κ1) is 15.0. The molecule has 0 unspecified atom stereocenters. The van der Waals surface area contributed by atoms with E-state index in [0.29, 0.717) is 13.2 Å². The number of nitrogens with zero attached hydrogens (tertiary/aromatic N) is 1. The first-order valence-electron chi connectivity index (χ1n) is 7.40. The number of ether oxygens (including phenoxy) is 1. The van der Waals surface area contributed by atoms with Crippen molar-refractivity contribution in [3.8, 4) is 5.75 Å². The van der Waals surface area contributed by atoms with Crippen LogP contribution in [0.15, 0.2) is 18.2 Å². The maximum absolute atomic E-state index is 12.4. The Morgan fingerprint density at radius 3 is 2.75 bits per heavy atom. The van der Waals surface area contributed by atoms with Crippen molar-refractivity contribution < 1.29 is 9.53 Å². The third kappa shape index (κ3) is 4.05. The van der Waals surface area contributed by atoms with Gasteiger partial charge in [0, 0.05) is 31.7 Å². The molecular formula is C16H24N2O2. The lowest BCUT2D eigenvalue weighted by atomic mass is 10.0. The molecule has 1 aliphatic rings. The summed E-state index contributed by atoms with van der Waals surface area (Å²) in [6, 6.07) is 5.75. The van der Waals surface area contributed by atoms with E-state index in [0.717, 1.165) is 49.5 Å². The van der Waals surface area contributed by atoms with Crippen molar-refractivity contribution >= 4 is 5.78 Å². The van der Waals surface area contributed by atoms with Crippen LogP contribution < -0.4 is 10.1 Å². The Balaban J connectivity index is 1.98. The highest BCUT2D eigenvalue weighted by Crippen LogP contribution is 2.18. The minimum absolute atomic E-state index is 0.200. The second-order valence-electron chi connectivity index (χ2n) is 5.27. The topological polar surface area (TPSA) is 41.6 Å². The Kier molecular flexibility index (Phi) is 5.56. The van der Waals surface area contributed by atoms with Gasteiger partial charge in [-0.05, 0) is 37.1 Å². The van der Waals surface area contributed by atoms with Crippen LogP contribution in [-0.2, 0) is 0 Å². The second kappa shape index (κ2) is 7.41. The molecule has 1 aromatic carbocycles. The van der Waals surface area contributed by atoms with E-state index in [-0.39, 0.29) is 5.78 Å². The van der Waals surface area contributed by atoms with Crippen molar-refractivity contribution in [3.63, 3.8) is 0 Å². The van der Waals surface area contributed by atoms with Crippen LogP contribution in [0.3, 0.4) is 0 Å². The van der Waals surface area contributed by atoms with E-state index in [1.165, 1.54) is 0 Å². The highest BCUT2D eigenvalue weighted by atomic mass is 16.5. The number of benzene rings is 1. The number of ketones is 1. The van der Waals surface area contributed by atoms with Crippen LogP contribution in [0.1, 0.15) is 29.3 Å². The monoisotopic (exact) mass is 276 g/mol. The Hall–Kier alpha value is -1.39. The lowest BCUT2D eigenvalue weighted by molar-refractivity contribution is 0.0921. The molecule has 0 radical (unpaired) electrons. The molecule has 0 atom stereocenters. The van der Waals surface area contributed by atoms with Gasteiger partial charge in [-0.15, -0.1) is 0 Å².